The molecular formula is C14H28N2OS. The van der Waals surface area contributed by atoms with Crippen LogP contribution in [0.2, 0.25) is 0 Å². The number of hydrogen-bond donors (Lipinski definition) is 1. The van der Waals surface area contributed by atoms with E-state index in [0.29, 0.717) is 17.0 Å². The summed E-state index contributed by atoms with van der Waals surface area (Å²) in [4.78, 5) is 13.9. The third-order valence-corrected chi connectivity index (χ3v) is 5.32. The Hall–Kier alpha value is -0.220. The highest BCUT2D eigenvalue weighted by Crippen LogP contribution is 2.32. The Morgan fingerprint density at radius 2 is 2.00 bits per heavy atom. The van der Waals surface area contributed by atoms with Gasteiger partial charge in [0.25, 0.3) is 0 Å². The van der Waals surface area contributed by atoms with Gasteiger partial charge in [-0.2, -0.15) is 0 Å². The maximum atomic E-state index is 12.0. The summed E-state index contributed by atoms with van der Waals surface area (Å²) in [6, 6.07) is 0.579. The Balaban J connectivity index is 2.42. The molecule has 0 aliphatic heterocycles. The average molecular weight is 272 g/mol. The molecule has 1 aliphatic rings. The molecule has 0 spiro atoms. The van der Waals surface area contributed by atoms with Gasteiger partial charge in [-0.05, 0) is 46.1 Å². The zero-order chi connectivity index (χ0) is 13.5. The van der Waals surface area contributed by atoms with Crippen LogP contribution in [0.25, 0.3) is 0 Å². The van der Waals surface area contributed by atoms with E-state index >= 15 is 0 Å². The van der Waals surface area contributed by atoms with Crippen molar-refractivity contribution in [3.05, 3.63) is 0 Å². The molecule has 18 heavy (non-hydrogen) atoms. The number of nitrogens with zero attached hydrogens (tertiary/aromatic N) is 1. The lowest BCUT2D eigenvalue weighted by atomic mass is 9.87. The van der Waals surface area contributed by atoms with Crippen LogP contribution < -0.4 is 5.32 Å². The van der Waals surface area contributed by atoms with Crippen molar-refractivity contribution in [3.8, 4) is 0 Å². The number of nitrogens with one attached hydrogen (secondary N) is 1. The lowest BCUT2D eigenvalue weighted by Gasteiger charge is -2.34. The van der Waals surface area contributed by atoms with Crippen molar-refractivity contribution in [2.75, 3.05) is 25.9 Å². The van der Waals surface area contributed by atoms with E-state index in [1.54, 1.807) is 0 Å². The molecule has 0 heterocycles. The van der Waals surface area contributed by atoms with Gasteiger partial charge in [0.2, 0.25) is 5.91 Å². The first kappa shape index (κ1) is 15.8. The van der Waals surface area contributed by atoms with Gasteiger partial charge < -0.3 is 10.2 Å². The number of carbonyl (C=O) groups is 1. The van der Waals surface area contributed by atoms with Crippen LogP contribution in [0.5, 0.6) is 0 Å². The van der Waals surface area contributed by atoms with Gasteiger partial charge in [-0.15, -0.1) is 11.8 Å². The lowest BCUT2D eigenvalue weighted by molar-refractivity contribution is -0.127. The molecular weight excluding hydrogens is 244 g/mol. The van der Waals surface area contributed by atoms with Crippen LogP contribution in [0, 0.1) is 5.92 Å². The summed E-state index contributed by atoms with van der Waals surface area (Å²) in [6.07, 6.45) is 3.79. The van der Waals surface area contributed by atoms with Crippen molar-refractivity contribution in [1.29, 1.82) is 0 Å². The van der Waals surface area contributed by atoms with E-state index in [4.69, 9.17) is 0 Å². The maximum Gasteiger partial charge on any atom is 0.232 e. The molecule has 1 N–H and O–H groups in total. The van der Waals surface area contributed by atoms with Gasteiger partial charge in [0.05, 0.1) is 5.75 Å². The van der Waals surface area contributed by atoms with E-state index in [2.05, 4.69) is 12.2 Å². The minimum absolute atomic E-state index is 0.290. The van der Waals surface area contributed by atoms with Crippen LogP contribution in [-0.4, -0.2) is 48.0 Å². The molecule has 0 saturated heterocycles. The van der Waals surface area contributed by atoms with Gasteiger partial charge in [0, 0.05) is 24.4 Å². The molecule has 106 valence electrons. The molecule has 0 radical (unpaired) electrons. The fourth-order valence-electron chi connectivity index (χ4n) is 2.69. The lowest BCUT2D eigenvalue weighted by Crippen LogP contribution is -2.41. The summed E-state index contributed by atoms with van der Waals surface area (Å²) in [7, 11) is 2.04. The first-order chi connectivity index (χ1) is 8.62. The highest BCUT2D eigenvalue weighted by molar-refractivity contribution is 8.00. The monoisotopic (exact) mass is 272 g/mol. The molecule has 3 nitrogen and oxygen atoms in total. The second kappa shape index (κ2) is 8.05. The van der Waals surface area contributed by atoms with E-state index in [-0.39, 0.29) is 5.91 Å². The summed E-state index contributed by atoms with van der Waals surface area (Å²) in [5.41, 5.74) is 0. The quantitative estimate of drug-likeness (QED) is 0.805. The highest BCUT2D eigenvalue weighted by Gasteiger charge is 2.28. The van der Waals surface area contributed by atoms with Crippen molar-refractivity contribution < 1.29 is 4.79 Å². The highest BCUT2D eigenvalue weighted by atomic mass is 32.2. The largest absolute Gasteiger partial charge is 0.343 e. The van der Waals surface area contributed by atoms with E-state index in [1.807, 2.05) is 37.6 Å². The van der Waals surface area contributed by atoms with Crippen LogP contribution in [0.3, 0.4) is 0 Å². The first-order valence-electron chi connectivity index (χ1n) is 7.18. The van der Waals surface area contributed by atoms with Crippen LogP contribution in [0.15, 0.2) is 0 Å². The average Bonchev–Trinajstić information content (AvgIpc) is 2.38. The minimum atomic E-state index is 0.290. The van der Waals surface area contributed by atoms with Gasteiger partial charge in [0.15, 0.2) is 0 Å². The minimum Gasteiger partial charge on any atom is -0.343 e. The Bertz CT molecular complexity index is 256. The van der Waals surface area contributed by atoms with Gasteiger partial charge >= 0.3 is 0 Å². The maximum absolute atomic E-state index is 12.0. The summed E-state index contributed by atoms with van der Waals surface area (Å²) in [6.45, 7) is 8.07. The number of rotatable bonds is 6. The predicted octanol–water partition coefficient (Wildman–Crippen LogP) is 2.36. The van der Waals surface area contributed by atoms with Crippen molar-refractivity contribution in [2.24, 2.45) is 5.92 Å². The number of amides is 1. The molecule has 0 aromatic rings. The number of carbonyl (C=O) groups excluding carboxylic acids is 1. The third-order valence-electron chi connectivity index (χ3n) is 3.96. The van der Waals surface area contributed by atoms with Crippen molar-refractivity contribution in [2.45, 2.75) is 51.3 Å². The fourth-order valence-corrected chi connectivity index (χ4v) is 4.20. The molecule has 4 heteroatoms. The topological polar surface area (TPSA) is 32.3 Å². The van der Waals surface area contributed by atoms with E-state index in [9.17, 15) is 4.79 Å². The molecule has 3 unspecified atom stereocenters. The SMILES string of the molecule is CCN(CC)C(=O)CSC1CC(C)CCC1NC. The van der Waals surface area contributed by atoms with Crippen LogP contribution in [-0.2, 0) is 4.79 Å². The van der Waals surface area contributed by atoms with E-state index in [1.165, 1.54) is 19.3 Å². The molecule has 0 bridgehead atoms. The van der Waals surface area contributed by atoms with Crippen molar-refractivity contribution >= 4 is 17.7 Å². The van der Waals surface area contributed by atoms with Gasteiger partial charge in [-0.25, -0.2) is 0 Å². The normalized spacial score (nSPS) is 28.1. The molecule has 1 fully saturated rings. The standard InChI is InChI=1S/C14H28N2OS/c1-5-16(6-2)14(17)10-18-13-9-11(3)7-8-12(13)15-4/h11-13,15H,5-10H2,1-4H3. The number of hydrogen-bond acceptors (Lipinski definition) is 3. The second-order valence-electron chi connectivity index (χ2n) is 5.23. The van der Waals surface area contributed by atoms with Gasteiger partial charge in [0.1, 0.15) is 0 Å². The fraction of sp³-hybridized carbons (Fsp3) is 0.929. The molecule has 1 saturated carbocycles. The smallest absolute Gasteiger partial charge is 0.232 e. The molecule has 0 aromatic carbocycles. The second-order valence-corrected chi connectivity index (χ2v) is 6.46. The predicted molar refractivity (Wildman–Crippen MR) is 80.0 cm³/mol. The summed E-state index contributed by atoms with van der Waals surface area (Å²) < 4.78 is 0. The zero-order valence-corrected chi connectivity index (χ0v) is 13.1. The van der Waals surface area contributed by atoms with E-state index < -0.39 is 0 Å². The molecule has 1 aliphatic carbocycles. The van der Waals surface area contributed by atoms with Gasteiger partial charge in [-0.3, -0.25) is 4.79 Å². The van der Waals surface area contributed by atoms with Crippen LogP contribution >= 0.6 is 11.8 Å². The van der Waals surface area contributed by atoms with Crippen molar-refractivity contribution in [3.63, 3.8) is 0 Å². The molecule has 1 amide bonds. The Kier molecular flexibility index (Phi) is 7.08. The Morgan fingerprint density at radius 3 is 2.56 bits per heavy atom. The van der Waals surface area contributed by atoms with Gasteiger partial charge in [-0.1, -0.05) is 6.92 Å². The zero-order valence-electron chi connectivity index (χ0n) is 12.2. The Morgan fingerprint density at radius 1 is 1.33 bits per heavy atom. The Labute approximate surface area is 116 Å². The number of thioether (sulfide) groups is 1. The third kappa shape index (κ3) is 4.47. The molecule has 3 atom stereocenters. The summed E-state index contributed by atoms with van der Waals surface area (Å²) in [5.74, 6) is 1.73. The molecule has 0 aromatic heterocycles. The summed E-state index contributed by atoms with van der Waals surface area (Å²) in [5, 5.41) is 4.01. The van der Waals surface area contributed by atoms with Crippen molar-refractivity contribution in [1.82, 2.24) is 10.2 Å². The first-order valence-corrected chi connectivity index (χ1v) is 8.23. The van der Waals surface area contributed by atoms with Crippen LogP contribution in [0.4, 0.5) is 0 Å². The van der Waals surface area contributed by atoms with Crippen LogP contribution in [0.1, 0.15) is 40.0 Å². The summed E-state index contributed by atoms with van der Waals surface area (Å²) >= 11 is 1.85. The molecule has 1 rings (SSSR count). The van der Waals surface area contributed by atoms with E-state index in [0.717, 1.165) is 19.0 Å².